The molecule has 2 amide bonds. The number of rotatable bonds is 1. The van der Waals surface area contributed by atoms with Crippen molar-refractivity contribution >= 4 is 17.4 Å². The third-order valence-corrected chi connectivity index (χ3v) is 3.29. The van der Waals surface area contributed by atoms with E-state index in [1.165, 1.54) is 0 Å². The zero-order valence-electron chi connectivity index (χ0n) is 11.2. The van der Waals surface area contributed by atoms with E-state index >= 15 is 0 Å². The van der Waals surface area contributed by atoms with Gasteiger partial charge in [-0.15, -0.1) is 0 Å². The van der Waals surface area contributed by atoms with Crippen LogP contribution in [-0.2, 0) is 0 Å². The van der Waals surface area contributed by atoms with Gasteiger partial charge < -0.3 is 10.1 Å². The highest BCUT2D eigenvalue weighted by molar-refractivity contribution is 6.03. The van der Waals surface area contributed by atoms with E-state index in [1.54, 1.807) is 4.90 Å². The molecular formula is C16H16N2O2. The van der Waals surface area contributed by atoms with Crippen molar-refractivity contribution in [2.45, 2.75) is 13.0 Å². The molecule has 1 unspecified atom stereocenters. The lowest BCUT2D eigenvalue weighted by atomic mass is 10.2. The van der Waals surface area contributed by atoms with Crippen molar-refractivity contribution in [1.29, 1.82) is 0 Å². The fraction of sp³-hybridized carbons (Fsp3) is 0.188. The van der Waals surface area contributed by atoms with Gasteiger partial charge in [-0.2, -0.15) is 0 Å². The van der Waals surface area contributed by atoms with Crippen LogP contribution in [0.1, 0.15) is 6.92 Å². The highest BCUT2D eigenvalue weighted by atomic mass is 16.5. The molecular weight excluding hydrogens is 252 g/mol. The molecule has 2 aromatic carbocycles. The van der Waals surface area contributed by atoms with Crippen LogP contribution in [0.5, 0.6) is 5.75 Å². The van der Waals surface area contributed by atoms with Gasteiger partial charge in [0.05, 0.1) is 11.7 Å². The smallest absolute Gasteiger partial charge is 0.326 e. The zero-order chi connectivity index (χ0) is 13.9. The number of anilines is 2. The van der Waals surface area contributed by atoms with Gasteiger partial charge in [0.25, 0.3) is 0 Å². The minimum absolute atomic E-state index is 0.00591. The van der Waals surface area contributed by atoms with Crippen LogP contribution in [-0.4, -0.2) is 18.7 Å². The van der Waals surface area contributed by atoms with Crippen LogP contribution in [0.3, 0.4) is 0 Å². The Balaban J connectivity index is 1.87. The molecule has 1 N–H and O–H groups in total. The summed E-state index contributed by atoms with van der Waals surface area (Å²) >= 11 is 0. The first-order valence-corrected chi connectivity index (χ1v) is 6.63. The molecule has 1 atom stereocenters. The first-order chi connectivity index (χ1) is 9.75. The summed E-state index contributed by atoms with van der Waals surface area (Å²) in [7, 11) is 0. The van der Waals surface area contributed by atoms with Crippen molar-refractivity contribution in [2.75, 3.05) is 16.8 Å². The van der Waals surface area contributed by atoms with E-state index in [0.29, 0.717) is 6.61 Å². The summed E-state index contributed by atoms with van der Waals surface area (Å²) in [5.41, 5.74) is 1.59. The second kappa shape index (κ2) is 5.25. The number of urea groups is 1. The Morgan fingerprint density at radius 3 is 2.65 bits per heavy atom. The molecule has 1 aliphatic rings. The Kier molecular flexibility index (Phi) is 3.29. The number of nitrogens with zero attached hydrogens (tertiary/aromatic N) is 1. The van der Waals surface area contributed by atoms with Gasteiger partial charge in [0.2, 0.25) is 0 Å². The largest absolute Gasteiger partial charge is 0.489 e. The van der Waals surface area contributed by atoms with Gasteiger partial charge in [0, 0.05) is 5.69 Å². The van der Waals surface area contributed by atoms with Crippen molar-refractivity contribution in [1.82, 2.24) is 0 Å². The van der Waals surface area contributed by atoms with Crippen LogP contribution >= 0.6 is 0 Å². The average molecular weight is 268 g/mol. The predicted molar refractivity (Wildman–Crippen MR) is 79.3 cm³/mol. The molecule has 0 spiro atoms. The number of nitrogens with one attached hydrogen (secondary N) is 1. The topological polar surface area (TPSA) is 41.6 Å². The second-order valence-corrected chi connectivity index (χ2v) is 4.79. The molecule has 1 aliphatic heterocycles. The monoisotopic (exact) mass is 268 g/mol. The Morgan fingerprint density at radius 2 is 1.85 bits per heavy atom. The lowest BCUT2D eigenvalue weighted by molar-refractivity contribution is 0.239. The Hall–Kier alpha value is -2.49. The lowest BCUT2D eigenvalue weighted by Crippen LogP contribution is -2.47. The molecule has 3 rings (SSSR count). The second-order valence-electron chi connectivity index (χ2n) is 4.79. The molecule has 0 saturated heterocycles. The maximum absolute atomic E-state index is 12.5. The van der Waals surface area contributed by atoms with Crippen molar-refractivity contribution < 1.29 is 9.53 Å². The number of carbonyl (C=O) groups is 1. The molecule has 102 valence electrons. The van der Waals surface area contributed by atoms with Crippen LogP contribution < -0.4 is 15.0 Å². The normalized spacial score (nSPS) is 17.1. The summed E-state index contributed by atoms with van der Waals surface area (Å²) in [5.74, 6) is 0.744. The quantitative estimate of drug-likeness (QED) is 0.860. The molecule has 0 radical (unpaired) electrons. The number of ether oxygens (including phenoxy) is 1. The fourth-order valence-corrected chi connectivity index (χ4v) is 2.32. The maximum atomic E-state index is 12.5. The van der Waals surface area contributed by atoms with Crippen LogP contribution in [0, 0.1) is 0 Å². The zero-order valence-corrected chi connectivity index (χ0v) is 11.2. The molecule has 4 heteroatoms. The standard InChI is InChI=1S/C16H16N2O2/c1-12-11-20-15-10-6-5-9-14(15)18(12)16(19)17-13-7-3-2-4-8-13/h2-10,12H,11H2,1H3,(H,17,19). The number of para-hydroxylation sites is 3. The third-order valence-electron chi connectivity index (χ3n) is 3.29. The fourth-order valence-electron chi connectivity index (χ4n) is 2.32. The van der Waals surface area contributed by atoms with Gasteiger partial charge in [0.15, 0.2) is 0 Å². The van der Waals surface area contributed by atoms with E-state index in [9.17, 15) is 4.79 Å². The van der Waals surface area contributed by atoms with Crippen LogP contribution in [0.15, 0.2) is 54.6 Å². The summed E-state index contributed by atoms with van der Waals surface area (Å²) in [6.45, 7) is 2.47. The van der Waals surface area contributed by atoms with Gasteiger partial charge in [0.1, 0.15) is 12.4 Å². The number of fused-ring (bicyclic) bond motifs is 1. The van der Waals surface area contributed by atoms with Gasteiger partial charge >= 0.3 is 6.03 Å². The van der Waals surface area contributed by atoms with Gasteiger partial charge in [-0.05, 0) is 31.2 Å². The summed E-state index contributed by atoms with van der Waals surface area (Å²) in [6.07, 6.45) is 0. The SMILES string of the molecule is CC1COc2ccccc2N1C(=O)Nc1ccccc1. The lowest BCUT2D eigenvalue weighted by Gasteiger charge is -2.34. The van der Waals surface area contributed by atoms with Crippen LogP contribution in [0.2, 0.25) is 0 Å². The Bertz CT molecular complexity index is 613. The van der Waals surface area contributed by atoms with Crippen molar-refractivity contribution in [2.24, 2.45) is 0 Å². The maximum Gasteiger partial charge on any atom is 0.326 e. The molecule has 1 heterocycles. The molecule has 0 bridgehead atoms. The Labute approximate surface area is 118 Å². The van der Waals surface area contributed by atoms with E-state index in [2.05, 4.69) is 5.32 Å². The number of benzene rings is 2. The van der Waals surface area contributed by atoms with Crippen LogP contribution in [0.25, 0.3) is 0 Å². The summed E-state index contributed by atoms with van der Waals surface area (Å²) in [6, 6.07) is 16.9. The van der Waals surface area contributed by atoms with Crippen molar-refractivity contribution in [3.8, 4) is 5.75 Å². The number of amides is 2. The van der Waals surface area contributed by atoms with Gasteiger partial charge in [-0.3, -0.25) is 4.90 Å². The van der Waals surface area contributed by atoms with Crippen molar-refractivity contribution in [3.63, 3.8) is 0 Å². The van der Waals surface area contributed by atoms with E-state index in [0.717, 1.165) is 17.1 Å². The minimum atomic E-state index is -0.139. The van der Waals surface area contributed by atoms with E-state index in [-0.39, 0.29) is 12.1 Å². The Morgan fingerprint density at radius 1 is 1.15 bits per heavy atom. The minimum Gasteiger partial charge on any atom is -0.489 e. The molecule has 0 fully saturated rings. The van der Waals surface area contributed by atoms with E-state index in [4.69, 9.17) is 4.74 Å². The van der Waals surface area contributed by atoms with Gasteiger partial charge in [-0.1, -0.05) is 30.3 Å². The number of carbonyl (C=O) groups excluding carboxylic acids is 1. The molecule has 2 aromatic rings. The number of hydrogen-bond donors (Lipinski definition) is 1. The first kappa shape index (κ1) is 12.5. The summed E-state index contributed by atoms with van der Waals surface area (Å²) < 4.78 is 5.64. The molecule has 0 aromatic heterocycles. The predicted octanol–water partition coefficient (Wildman–Crippen LogP) is 3.51. The highest BCUT2D eigenvalue weighted by Gasteiger charge is 2.29. The highest BCUT2D eigenvalue weighted by Crippen LogP contribution is 2.33. The molecule has 0 saturated carbocycles. The average Bonchev–Trinajstić information content (AvgIpc) is 2.48. The first-order valence-electron chi connectivity index (χ1n) is 6.63. The molecule has 4 nitrogen and oxygen atoms in total. The van der Waals surface area contributed by atoms with E-state index in [1.807, 2.05) is 61.5 Å². The third kappa shape index (κ3) is 2.32. The van der Waals surface area contributed by atoms with E-state index < -0.39 is 0 Å². The summed E-state index contributed by atoms with van der Waals surface area (Å²) in [5, 5.41) is 2.91. The number of hydrogen-bond acceptors (Lipinski definition) is 2. The summed E-state index contributed by atoms with van der Waals surface area (Å²) in [4.78, 5) is 14.2. The molecule has 0 aliphatic carbocycles. The van der Waals surface area contributed by atoms with Crippen molar-refractivity contribution in [3.05, 3.63) is 54.6 Å². The van der Waals surface area contributed by atoms with Crippen LogP contribution in [0.4, 0.5) is 16.2 Å². The van der Waals surface area contributed by atoms with Gasteiger partial charge in [-0.25, -0.2) is 4.79 Å². The molecule has 20 heavy (non-hydrogen) atoms.